The summed E-state index contributed by atoms with van der Waals surface area (Å²) >= 11 is 3.56. The second kappa shape index (κ2) is 41.9. The van der Waals surface area contributed by atoms with Crippen LogP contribution in [0.1, 0.15) is 165 Å². The quantitative estimate of drug-likeness (QED) is 0.0418. The summed E-state index contributed by atoms with van der Waals surface area (Å²) in [5.41, 5.74) is 29.1. The van der Waals surface area contributed by atoms with Crippen LogP contribution in [-0.4, -0.2) is 118 Å². The first kappa shape index (κ1) is 89.5. The van der Waals surface area contributed by atoms with Crippen molar-refractivity contribution in [2.75, 3.05) is 46.5 Å². The van der Waals surface area contributed by atoms with Crippen molar-refractivity contribution in [2.24, 2.45) is 0 Å². The zero-order valence-corrected chi connectivity index (χ0v) is 77.2. The number of thiophene rings is 2. The van der Waals surface area contributed by atoms with Gasteiger partial charge in [-0.1, -0.05) is 215 Å². The minimum Gasteiger partial charge on any atom is -0.453 e. The molecule has 2 aliphatic rings. The summed E-state index contributed by atoms with van der Waals surface area (Å²) in [5, 5.41) is 9.30. The highest BCUT2D eigenvalue weighted by molar-refractivity contribution is 7.12. The van der Waals surface area contributed by atoms with E-state index in [4.69, 9.17) is 39.4 Å². The van der Waals surface area contributed by atoms with Gasteiger partial charge in [0.1, 0.15) is 34.0 Å². The number of rotatable bonds is 28. The van der Waals surface area contributed by atoms with Crippen LogP contribution in [0.2, 0.25) is 0 Å². The van der Waals surface area contributed by atoms with Crippen molar-refractivity contribution >= 4 is 74.1 Å². The number of nitrogens with one attached hydrogen (secondary N) is 3. The Bertz CT molecular complexity index is 6510. The van der Waals surface area contributed by atoms with Crippen LogP contribution in [0.4, 0.5) is 4.79 Å². The fourth-order valence-electron chi connectivity index (χ4n) is 17.7. The number of aryl methyl sites for hydroxylation is 9. The smallest absolute Gasteiger partial charge is 0.407 e. The van der Waals surface area contributed by atoms with E-state index in [1.807, 2.05) is 118 Å². The van der Waals surface area contributed by atoms with E-state index in [1.54, 1.807) is 22.7 Å². The third-order valence-electron chi connectivity index (χ3n) is 24.3. The van der Waals surface area contributed by atoms with Gasteiger partial charge in [-0.15, -0.1) is 22.7 Å². The van der Waals surface area contributed by atoms with Gasteiger partial charge >= 0.3 is 6.09 Å². The molecule has 0 radical (unpaired) electrons. The number of imidazole rings is 3. The van der Waals surface area contributed by atoms with Crippen molar-refractivity contribution in [1.82, 2.24) is 69.4 Å². The molecule has 16 aromatic rings. The number of methoxy groups -OCH3 is 1. The SMILES string of the molecule is CCc1nc2c(C)cc(C)nc2n1Cc1ccc(-c2cc(CN3CCCC3)ccc2CNC(=O)OC)cc1.CCc1nc2c(C)cc(C)nc2n1Cc1ccc(-c2cc(CN3CCOCC3)sc2CNC(=O)C(c2ccccc2)c2ccccc2)cc1.CCc1nc2c(C)cc(C)nc2n1Cc1ccc(-c2cc(Cc3ccccc3)sc2CNC(=O)c2ccccc2)cc1. The largest absolute Gasteiger partial charge is 0.453 e. The fourth-order valence-corrected chi connectivity index (χ4v) is 20.1. The maximum atomic E-state index is 13.9. The van der Waals surface area contributed by atoms with Gasteiger partial charge in [-0.2, -0.15) is 0 Å². The summed E-state index contributed by atoms with van der Waals surface area (Å²) < 4.78 is 17.1. The zero-order chi connectivity index (χ0) is 89.4. The molecule has 0 spiro atoms. The molecule has 658 valence electrons. The van der Waals surface area contributed by atoms with Gasteiger partial charge in [0.25, 0.3) is 5.91 Å². The van der Waals surface area contributed by atoms with Crippen molar-refractivity contribution < 1.29 is 23.9 Å². The highest BCUT2D eigenvalue weighted by Gasteiger charge is 2.27. The van der Waals surface area contributed by atoms with Crippen LogP contribution in [0.3, 0.4) is 0 Å². The van der Waals surface area contributed by atoms with Crippen LogP contribution >= 0.6 is 22.7 Å². The average molecular weight is 1750 g/mol. The Balaban J connectivity index is 0.000000143. The molecule has 8 aromatic carbocycles. The minimum absolute atomic E-state index is 0.000183. The molecule has 21 heteroatoms. The number of morpholine rings is 1. The van der Waals surface area contributed by atoms with Crippen molar-refractivity contribution in [2.45, 2.75) is 159 Å². The molecule has 3 N–H and O–H groups in total. The molecule has 2 aliphatic heterocycles. The van der Waals surface area contributed by atoms with E-state index in [1.165, 1.54) is 74.2 Å². The number of likely N-dealkylation sites (tertiary alicyclic amines) is 1. The number of hydrogen-bond donors (Lipinski definition) is 3. The van der Waals surface area contributed by atoms with Crippen molar-refractivity contribution in [1.29, 1.82) is 0 Å². The molecule has 3 amide bonds. The maximum Gasteiger partial charge on any atom is 0.407 e. The van der Waals surface area contributed by atoms with Gasteiger partial charge in [0.15, 0.2) is 16.9 Å². The number of fused-ring (bicyclic) bond motifs is 3. The molecule has 0 unspecified atom stereocenters. The van der Waals surface area contributed by atoms with Gasteiger partial charge < -0.3 is 39.1 Å². The van der Waals surface area contributed by atoms with Crippen molar-refractivity contribution in [3.05, 3.63) is 363 Å². The molecule has 10 heterocycles. The average Bonchev–Trinajstić information content (AvgIpc) is 1.64. The molecule has 8 aromatic heterocycles. The van der Waals surface area contributed by atoms with Crippen LogP contribution in [0.5, 0.6) is 0 Å². The normalized spacial score (nSPS) is 12.9. The molecular formula is C108H114N14O5S2. The number of amides is 3. The molecule has 129 heavy (non-hydrogen) atoms. The lowest BCUT2D eigenvalue weighted by molar-refractivity contribution is -0.121. The summed E-state index contributed by atoms with van der Waals surface area (Å²) in [6.07, 6.45) is 5.54. The lowest BCUT2D eigenvalue weighted by atomic mass is 9.90. The highest BCUT2D eigenvalue weighted by atomic mass is 32.1. The third kappa shape index (κ3) is 21.8. The summed E-state index contributed by atoms with van der Waals surface area (Å²) in [6.45, 7) is 29.9. The molecule has 0 bridgehead atoms. The molecule has 2 saturated heterocycles. The Hall–Kier alpha value is -12.9. The number of pyridine rings is 3. The molecule has 0 aliphatic carbocycles. The van der Waals surface area contributed by atoms with Crippen LogP contribution in [-0.2, 0) is 92.3 Å². The first-order valence-corrected chi connectivity index (χ1v) is 46.7. The van der Waals surface area contributed by atoms with Gasteiger partial charge in [-0.25, -0.2) is 34.7 Å². The van der Waals surface area contributed by atoms with E-state index in [0.29, 0.717) is 31.7 Å². The second-order valence-corrected chi connectivity index (χ2v) is 36.2. The minimum atomic E-state index is -0.425. The number of benzene rings is 8. The molecule has 18 rings (SSSR count). The number of nitrogens with zero attached hydrogens (tertiary/aromatic N) is 11. The Morgan fingerprint density at radius 2 is 0.814 bits per heavy atom. The number of carbonyl (C=O) groups excluding carboxylic acids is 3. The first-order chi connectivity index (χ1) is 62.9. The third-order valence-corrected chi connectivity index (χ3v) is 26.5. The summed E-state index contributed by atoms with van der Waals surface area (Å²) in [7, 11) is 1.39. The van der Waals surface area contributed by atoms with Crippen molar-refractivity contribution in [3.63, 3.8) is 0 Å². The van der Waals surface area contributed by atoms with E-state index in [0.717, 1.165) is 219 Å². The molecule has 2 fully saturated rings. The maximum absolute atomic E-state index is 13.9. The number of carbonyl (C=O) groups is 3. The Morgan fingerprint density at radius 3 is 1.27 bits per heavy atom. The van der Waals surface area contributed by atoms with E-state index in [-0.39, 0.29) is 17.7 Å². The standard InChI is InChI=1S/C41H43N5O2S.C36H34N4OS.C31H37N5O2/c1-4-37-44-39-28(2)23-29(3)43-40(39)46(37)26-30-15-17-31(18-16-30)35-24-34(27-45-19-21-48-22-20-45)49-36(35)25-42-41(47)38(32-11-7-5-8-12-32)33-13-9-6-10-14-33;1-4-33-39-34-24(2)19-25(3)38-35(34)40(33)23-27-15-17-28(18-16-27)31-21-30(20-26-11-7-5-8-12-26)42-32(31)22-37-36(41)29-13-9-6-10-14-29;1-5-28-34-29-21(2)16-22(3)33-30(29)36(28)20-23-8-11-25(12-9-23)27-17-24(19-35-14-6-7-15-35)10-13-26(27)18-32-31(37)38-4/h5-18,23-24,38H,4,19-22,25-27H2,1-3H3,(H,42,47);5-19,21H,4,20,22-23H2,1-3H3,(H,37,41);8-13,16-17H,5-7,14-15,18-20H2,1-4H3,(H,32,37). The molecule has 0 saturated carbocycles. The van der Waals surface area contributed by atoms with Crippen LogP contribution < -0.4 is 16.0 Å². The molecule has 19 nitrogen and oxygen atoms in total. The van der Waals surface area contributed by atoms with Crippen LogP contribution in [0.15, 0.2) is 243 Å². The lowest BCUT2D eigenvalue weighted by Crippen LogP contribution is -2.35. The predicted molar refractivity (Wildman–Crippen MR) is 521 cm³/mol. The van der Waals surface area contributed by atoms with E-state index >= 15 is 0 Å². The van der Waals surface area contributed by atoms with E-state index in [9.17, 15) is 14.4 Å². The lowest BCUT2D eigenvalue weighted by Gasteiger charge is -2.25. The summed E-state index contributed by atoms with van der Waals surface area (Å²) in [4.78, 5) is 77.6. The predicted octanol–water partition coefficient (Wildman–Crippen LogP) is 21.4. The van der Waals surface area contributed by atoms with Gasteiger partial charge in [0.2, 0.25) is 5.91 Å². The number of aromatic nitrogens is 9. The zero-order valence-electron chi connectivity index (χ0n) is 75.6. The number of hydrogen-bond acceptors (Lipinski definition) is 15. The fraction of sp³-hybridized carbons (Fsp3) is 0.287. The van der Waals surface area contributed by atoms with E-state index in [2.05, 4.69) is 227 Å². The summed E-state index contributed by atoms with van der Waals surface area (Å²) in [6, 6.07) is 83.9. The Kier molecular flexibility index (Phi) is 29.1. The number of ether oxygens (including phenoxy) is 2. The van der Waals surface area contributed by atoms with Gasteiger partial charge in [0, 0.05) is 101 Å². The Labute approximate surface area is 764 Å². The van der Waals surface area contributed by atoms with Crippen LogP contribution in [0.25, 0.3) is 66.9 Å². The Morgan fingerprint density at radius 1 is 0.403 bits per heavy atom. The highest BCUT2D eigenvalue weighted by Crippen LogP contribution is 2.38. The molecular weight excluding hydrogens is 1640 g/mol. The van der Waals surface area contributed by atoms with Crippen LogP contribution in [0, 0.1) is 41.5 Å². The first-order valence-electron chi connectivity index (χ1n) is 45.1. The van der Waals surface area contributed by atoms with E-state index < -0.39 is 6.09 Å². The van der Waals surface area contributed by atoms with Gasteiger partial charge in [-0.05, 0) is 211 Å². The van der Waals surface area contributed by atoms with Gasteiger partial charge in [0.05, 0.1) is 59.0 Å². The monoisotopic (exact) mass is 1750 g/mol. The number of alkyl carbamates (subject to hydrolysis) is 1. The topological polar surface area (TPSA) is 204 Å². The summed E-state index contributed by atoms with van der Waals surface area (Å²) in [5.74, 6) is 2.71. The van der Waals surface area contributed by atoms with Crippen molar-refractivity contribution in [3.8, 4) is 33.4 Å². The second-order valence-electron chi connectivity index (χ2n) is 33.7. The molecule has 0 atom stereocenters. The van der Waals surface area contributed by atoms with Gasteiger partial charge in [-0.3, -0.25) is 19.4 Å².